The number of amides is 1. The number of thioether (sulfide) groups is 1. The third-order valence-electron chi connectivity index (χ3n) is 5.20. The molecule has 0 radical (unpaired) electrons. The SMILES string of the molecule is O=C(NCCSc1ccc(Cl)cc1)c1ccc(Oc2cc3c(cc2Cl)C(C(=O)[O-])CCO3)cc1.[Na+]. The second-order valence-electron chi connectivity index (χ2n) is 7.51. The van der Waals surface area contributed by atoms with E-state index in [1.165, 1.54) is 6.07 Å². The van der Waals surface area contributed by atoms with Crippen LogP contribution >= 0.6 is 35.0 Å². The van der Waals surface area contributed by atoms with Gasteiger partial charge < -0.3 is 24.7 Å². The number of rotatable bonds is 8. The van der Waals surface area contributed by atoms with E-state index in [0.717, 1.165) is 10.6 Å². The summed E-state index contributed by atoms with van der Waals surface area (Å²) < 4.78 is 11.4. The van der Waals surface area contributed by atoms with Gasteiger partial charge in [-0.05, 0) is 61.0 Å². The standard InChI is InChI=1S/C25H21Cl2NO5S.Na/c26-16-3-7-18(8-4-16)34-12-10-28-24(29)15-1-5-17(6-2-15)33-23-14-22-20(13-21(23)27)19(25(30)31)9-11-32-22;/h1-8,13-14,19H,9-12H2,(H,28,29)(H,30,31);/q;+1/p-1. The van der Waals surface area contributed by atoms with Gasteiger partial charge in [0.25, 0.3) is 5.91 Å². The average molecular weight is 540 g/mol. The summed E-state index contributed by atoms with van der Waals surface area (Å²) in [5.74, 6) is -0.167. The number of nitrogens with one attached hydrogen (secondary N) is 1. The first-order valence-corrected chi connectivity index (χ1v) is 12.3. The van der Waals surface area contributed by atoms with Gasteiger partial charge in [-0.3, -0.25) is 4.79 Å². The molecule has 0 saturated carbocycles. The van der Waals surface area contributed by atoms with Crippen molar-refractivity contribution in [1.29, 1.82) is 0 Å². The molecule has 1 atom stereocenters. The van der Waals surface area contributed by atoms with E-state index in [-0.39, 0.29) is 47.1 Å². The molecule has 0 spiro atoms. The normalized spacial score (nSPS) is 14.2. The van der Waals surface area contributed by atoms with E-state index in [1.807, 2.05) is 24.3 Å². The summed E-state index contributed by atoms with van der Waals surface area (Å²) >= 11 is 13.8. The third kappa shape index (κ3) is 7.32. The van der Waals surface area contributed by atoms with Gasteiger partial charge >= 0.3 is 29.6 Å². The van der Waals surface area contributed by atoms with Gasteiger partial charge in [-0.15, -0.1) is 11.8 Å². The molecule has 0 bridgehead atoms. The van der Waals surface area contributed by atoms with Crippen LogP contribution in [-0.2, 0) is 4.79 Å². The Hall–Kier alpha value is -1.87. The molecule has 0 saturated heterocycles. The summed E-state index contributed by atoms with van der Waals surface area (Å²) in [6.07, 6.45) is 0.329. The van der Waals surface area contributed by atoms with Crippen molar-refractivity contribution in [2.24, 2.45) is 0 Å². The fourth-order valence-electron chi connectivity index (χ4n) is 3.48. The van der Waals surface area contributed by atoms with Gasteiger partial charge in [0, 0.05) is 51.3 Å². The monoisotopic (exact) mass is 539 g/mol. The van der Waals surface area contributed by atoms with Crippen LogP contribution in [0.4, 0.5) is 0 Å². The number of benzene rings is 3. The van der Waals surface area contributed by atoms with Gasteiger partial charge in [-0.1, -0.05) is 23.2 Å². The van der Waals surface area contributed by atoms with Gasteiger partial charge in [-0.25, -0.2) is 0 Å². The van der Waals surface area contributed by atoms with Crippen LogP contribution in [0.25, 0.3) is 0 Å². The van der Waals surface area contributed by atoms with Crippen LogP contribution in [0.3, 0.4) is 0 Å². The Balaban J connectivity index is 0.00000342. The molecule has 0 aliphatic carbocycles. The van der Waals surface area contributed by atoms with Crippen molar-refractivity contribution in [1.82, 2.24) is 5.32 Å². The number of carbonyl (C=O) groups excluding carboxylic acids is 2. The Morgan fingerprint density at radius 3 is 2.49 bits per heavy atom. The zero-order valence-electron chi connectivity index (χ0n) is 18.9. The first-order valence-electron chi connectivity index (χ1n) is 10.5. The van der Waals surface area contributed by atoms with E-state index >= 15 is 0 Å². The smallest absolute Gasteiger partial charge is 0.549 e. The molecular formula is C25H20Cl2NNaO5S. The van der Waals surface area contributed by atoms with Crippen molar-refractivity contribution >= 4 is 46.8 Å². The third-order valence-corrected chi connectivity index (χ3v) is 6.76. The van der Waals surface area contributed by atoms with Crippen LogP contribution in [-0.4, -0.2) is 30.8 Å². The summed E-state index contributed by atoms with van der Waals surface area (Å²) in [4.78, 5) is 24.9. The van der Waals surface area contributed by atoms with E-state index in [4.69, 9.17) is 32.7 Å². The number of hydrogen-bond donors (Lipinski definition) is 1. The summed E-state index contributed by atoms with van der Waals surface area (Å²) in [7, 11) is 0. The van der Waals surface area contributed by atoms with Gasteiger partial charge in [-0.2, -0.15) is 0 Å². The summed E-state index contributed by atoms with van der Waals surface area (Å²) in [6, 6.07) is 17.3. The molecular weight excluding hydrogens is 520 g/mol. The fraction of sp³-hybridized carbons (Fsp3) is 0.200. The van der Waals surface area contributed by atoms with Gasteiger partial charge in [0.2, 0.25) is 0 Å². The number of aliphatic carboxylic acids is 1. The summed E-state index contributed by atoms with van der Waals surface area (Å²) in [6.45, 7) is 0.788. The van der Waals surface area contributed by atoms with Crippen molar-refractivity contribution in [3.05, 3.63) is 81.8 Å². The van der Waals surface area contributed by atoms with Crippen molar-refractivity contribution in [3.8, 4) is 17.2 Å². The largest absolute Gasteiger partial charge is 1.00 e. The molecule has 1 N–H and O–H groups in total. The topological polar surface area (TPSA) is 87.7 Å². The van der Waals surface area contributed by atoms with Crippen molar-refractivity contribution < 1.29 is 53.7 Å². The Morgan fingerprint density at radius 1 is 1.09 bits per heavy atom. The van der Waals surface area contributed by atoms with E-state index in [2.05, 4.69) is 5.32 Å². The number of ether oxygens (including phenoxy) is 2. The fourth-order valence-corrected chi connectivity index (χ4v) is 4.59. The molecule has 1 unspecified atom stereocenters. The van der Waals surface area contributed by atoms with Crippen LogP contribution < -0.4 is 49.5 Å². The van der Waals surface area contributed by atoms with Gasteiger partial charge in [0.05, 0.1) is 11.6 Å². The minimum absolute atomic E-state index is 0. The molecule has 4 rings (SSSR count). The predicted octanol–water partition coefficient (Wildman–Crippen LogP) is 1.93. The maximum absolute atomic E-state index is 12.4. The van der Waals surface area contributed by atoms with Crippen molar-refractivity contribution in [3.63, 3.8) is 0 Å². The van der Waals surface area contributed by atoms with Crippen molar-refractivity contribution in [2.75, 3.05) is 18.9 Å². The first kappa shape index (κ1) is 27.7. The van der Waals surface area contributed by atoms with Crippen LogP contribution in [0.5, 0.6) is 17.2 Å². The van der Waals surface area contributed by atoms with Crippen LogP contribution in [0.15, 0.2) is 65.6 Å². The minimum Gasteiger partial charge on any atom is -0.549 e. The number of hydrogen-bond acceptors (Lipinski definition) is 6. The predicted molar refractivity (Wildman–Crippen MR) is 130 cm³/mol. The molecule has 1 aliphatic heterocycles. The molecule has 3 aromatic carbocycles. The molecule has 10 heteroatoms. The van der Waals surface area contributed by atoms with Crippen LogP contribution in [0.1, 0.15) is 28.3 Å². The van der Waals surface area contributed by atoms with Crippen molar-refractivity contribution in [2.45, 2.75) is 17.2 Å². The van der Waals surface area contributed by atoms with Gasteiger partial charge in [0.1, 0.15) is 17.2 Å². The molecule has 0 fully saturated rings. The van der Waals surface area contributed by atoms with Gasteiger partial charge in [0.15, 0.2) is 0 Å². The second kappa shape index (κ2) is 12.9. The maximum atomic E-state index is 12.4. The maximum Gasteiger partial charge on any atom is 1.00 e. The zero-order valence-corrected chi connectivity index (χ0v) is 23.2. The Morgan fingerprint density at radius 2 is 1.80 bits per heavy atom. The molecule has 35 heavy (non-hydrogen) atoms. The first-order chi connectivity index (χ1) is 16.4. The zero-order chi connectivity index (χ0) is 24.1. The molecule has 1 aliphatic rings. The molecule has 0 aromatic heterocycles. The van der Waals surface area contributed by atoms with E-state index in [0.29, 0.717) is 46.4 Å². The number of carbonyl (C=O) groups is 2. The second-order valence-corrected chi connectivity index (χ2v) is 9.53. The van der Waals surface area contributed by atoms with Crippen LogP contribution in [0, 0.1) is 0 Å². The van der Waals surface area contributed by atoms with E-state index < -0.39 is 11.9 Å². The minimum atomic E-state index is -1.16. The Labute approximate surface area is 239 Å². The molecule has 6 nitrogen and oxygen atoms in total. The molecule has 3 aromatic rings. The van der Waals surface area contributed by atoms with Crippen LogP contribution in [0.2, 0.25) is 10.0 Å². The Bertz CT molecular complexity index is 1190. The average Bonchev–Trinajstić information content (AvgIpc) is 2.83. The number of fused-ring (bicyclic) bond motifs is 1. The molecule has 176 valence electrons. The molecule has 1 amide bonds. The quantitative estimate of drug-likeness (QED) is 0.267. The molecule has 1 heterocycles. The summed E-state index contributed by atoms with van der Waals surface area (Å²) in [5.41, 5.74) is 0.977. The number of halogens is 2. The summed E-state index contributed by atoms with van der Waals surface area (Å²) in [5, 5.41) is 15.2. The number of carboxylic acids is 1. The Kier molecular flexibility index (Phi) is 10.2. The number of carboxylic acid groups (broad SMARTS) is 1. The van der Waals surface area contributed by atoms with E-state index in [1.54, 1.807) is 42.1 Å². The van der Waals surface area contributed by atoms with E-state index in [9.17, 15) is 14.7 Å².